The van der Waals surface area contributed by atoms with Crippen LogP contribution in [0.3, 0.4) is 0 Å². The number of phenols is 1. The van der Waals surface area contributed by atoms with E-state index >= 15 is 0 Å². The van der Waals surface area contributed by atoms with Gasteiger partial charge in [0.05, 0.1) is 11.3 Å². The fourth-order valence-electron chi connectivity index (χ4n) is 3.52. The van der Waals surface area contributed by atoms with E-state index in [1.807, 2.05) is 33.5 Å². The van der Waals surface area contributed by atoms with Crippen LogP contribution in [-0.2, 0) is 12.6 Å². The molecule has 0 aliphatic heterocycles. The van der Waals surface area contributed by atoms with Gasteiger partial charge in [-0.05, 0) is 59.8 Å². The second kappa shape index (κ2) is 9.26. The molecule has 0 unspecified atom stereocenters. The molecular weight excluding hydrogens is 477 g/mol. The van der Waals surface area contributed by atoms with Crippen molar-refractivity contribution >= 4 is 40.0 Å². The Bertz CT molecular complexity index is 1430. The predicted octanol–water partition coefficient (Wildman–Crippen LogP) is 6.00. The van der Waals surface area contributed by atoms with E-state index in [0.29, 0.717) is 35.6 Å². The van der Waals surface area contributed by atoms with E-state index in [1.165, 1.54) is 12.1 Å². The standard InChI is InChI=1S/C24H19F3N6OS/c25-24(26,27)16-3-5-17(6-4-16)30-23-31-21(28-11-9-15-1-7-19(34)8-2-15)20-22(32-23)33(14-29-20)18-10-12-35-13-18/h1-8,10,12-14,34H,9,11H2,(H2,28,30,31,32). The number of imidazole rings is 1. The molecule has 0 bridgehead atoms. The lowest BCUT2D eigenvalue weighted by molar-refractivity contribution is -0.137. The van der Waals surface area contributed by atoms with E-state index in [2.05, 4.69) is 25.6 Å². The Balaban J connectivity index is 1.45. The highest BCUT2D eigenvalue weighted by atomic mass is 32.1. The third kappa shape index (κ3) is 5.04. The van der Waals surface area contributed by atoms with E-state index in [4.69, 9.17) is 0 Å². The van der Waals surface area contributed by atoms with Gasteiger partial charge in [0.15, 0.2) is 17.0 Å². The molecule has 0 radical (unpaired) electrons. The van der Waals surface area contributed by atoms with E-state index in [0.717, 1.165) is 23.4 Å². The summed E-state index contributed by atoms with van der Waals surface area (Å²) in [5, 5.41) is 19.7. The molecule has 3 heterocycles. The van der Waals surface area contributed by atoms with Gasteiger partial charge in [0.2, 0.25) is 5.95 Å². The van der Waals surface area contributed by atoms with E-state index in [-0.39, 0.29) is 11.7 Å². The summed E-state index contributed by atoms with van der Waals surface area (Å²) >= 11 is 1.54. The van der Waals surface area contributed by atoms with Crippen LogP contribution >= 0.6 is 11.3 Å². The van der Waals surface area contributed by atoms with Crippen molar-refractivity contribution in [2.75, 3.05) is 17.2 Å². The lowest BCUT2D eigenvalue weighted by Gasteiger charge is -2.12. The maximum atomic E-state index is 12.9. The summed E-state index contributed by atoms with van der Waals surface area (Å²) in [5.74, 6) is 0.927. The Kier molecular flexibility index (Phi) is 6.00. The quantitative estimate of drug-likeness (QED) is 0.256. The minimum atomic E-state index is -4.41. The van der Waals surface area contributed by atoms with Crippen LogP contribution in [0.4, 0.5) is 30.6 Å². The van der Waals surface area contributed by atoms with Crippen LogP contribution < -0.4 is 10.6 Å². The molecule has 0 saturated heterocycles. The number of anilines is 3. The molecule has 5 rings (SSSR count). The van der Waals surface area contributed by atoms with Gasteiger partial charge in [0.1, 0.15) is 12.1 Å². The normalized spacial score (nSPS) is 11.6. The summed E-state index contributed by atoms with van der Waals surface area (Å²) in [7, 11) is 0. The second-order valence-corrected chi connectivity index (χ2v) is 8.49. The van der Waals surface area contributed by atoms with Gasteiger partial charge in [0, 0.05) is 17.6 Å². The molecule has 0 fully saturated rings. The molecule has 0 aliphatic carbocycles. The molecule has 0 atom stereocenters. The van der Waals surface area contributed by atoms with Gasteiger partial charge in [-0.1, -0.05) is 12.1 Å². The van der Waals surface area contributed by atoms with Gasteiger partial charge in [-0.3, -0.25) is 4.57 Å². The largest absolute Gasteiger partial charge is 0.508 e. The Morgan fingerprint density at radius 1 is 0.971 bits per heavy atom. The number of hydrogen-bond donors (Lipinski definition) is 3. The van der Waals surface area contributed by atoms with Crippen molar-refractivity contribution in [1.82, 2.24) is 19.5 Å². The summed E-state index contributed by atoms with van der Waals surface area (Å²) in [6, 6.07) is 13.6. The van der Waals surface area contributed by atoms with Crippen LogP contribution in [0.5, 0.6) is 5.75 Å². The molecule has 0 amide bonds. The lowest BCUT2D eigenvalue weighted by atomic mass is 10.1. The average Bonchev–Trinajstić information content (AvgIpc) is 3.50. The molecule has 178 valence electrons. The molecule has 35 heavy (non-hydrogen) atoms. The number of fused-ring (bicyclic) bond motifs is 1. The number of aromatic hydroxyl groups is 1. The van der Waals surface area contributed by atoms with Crippen LogP contribution in [-0.4, -0.2) is 31.2 Å². The van der Waals surface area contributed by atoms with Gasteiger partial charge in [-0.25, -0.2) is 4.98 Å². The molecule has 3 aromatic heterocycles. The Morgan fingerprint density at radius 2 is 1.74 bits per heavy atom. The second-order valence-electron chi connectivity index (χ2n) is 7.71. The first-order valence-electron chi connectivity index (χ1n) is 10.6. The monoisotopic (exact) mass is 496 g/mol. The number of phenolic OH excluding ortho intramolecular Hbond substituents is 1. The topological polar surface area (TPSA) is 87.9 Å². The van der Waals surface area contributed by atoms with Gasteiger partial charge >= 0.3 is 6.18 Å². The fourth-order valence-corrected chi connectivity index (χ4v) is 4.15. The molecule has 5 aromatic rings. The first-order valence-corrected chi connectivity index (χ1v) is 11.5. The zero-order valence-electron chi connectivity index (χ0n) is 18.1. The first kappa shape index (κ1) is 22.7. The molecular formula is C24H19F3N6OS. The molecule has 11 heteroatoms. The maximum absolute atomic E-state index is 12.9. The number of alkyl halides is 3. The van der Waals surface area contributed by atoms with Crippen LogP contribution in [0.15, 0.2) is 71.7 Å². The number of nitrogens with one attached hydrogen (secondary N) is 2. The van der Waals surface area contributed by atoms with E-state index < -0.39 is 11.7 Å². The predicted molar refractivity (Wildman–Crippen MR) is 130 cm³/mol. The molecule has 7 nitrogen and oxygen atoms in total. The molecule has 0 spiro atoms. The molecule has 0 aliphatic rings. The minimum Gasteiger partial charge on any atom is -0.508 e. The number of benzene rings is 2. The van der Waals surface area contributed by atoms with Crippen molar-refractivity contribution in [1.29, 1.82) is 0 Å². The zero-order chi connectivity index (χ0) is 24.4. The average molecular weight is 497 g/mol. The van der Waals surface area contributed by atoms with Crippen molar-refractivity contribution in [2.45, 2.75) is 12.6 Å². The number of nitrogens with zero attached hydrogens (tertiary/aromatic N) is 4. The number of hydrogen-bond acceptors (Lipinski definition) is 7. The summed E-state index contributed by atoms with van der Waals surface area (Å²) < 4.78 is 40.5. The molecule has 3 N–H and O–H groups in total. The summed E-state index contributed by atoms with van der Waals surface area (Å²) in [4.78, 5) is 13.6. The third-order valence-corrected chi connectivity index (χ3v) is 5.96. The maximum Gasteiger partial charge on any atom is 0.416 e. The highest BCUT2D eigenvalue weighted by molar-refractivity contribution is 7.08. The Hall–Kier alpha value is -4.12. The van der Waals surface area contributed by atoms with Gasteiger partial charge in [-0.2, -0.15) is 34.5 Å². The van der Waals surface area contributed by atoms with Crippen LogP contribution in [0.1, 0.15) is 11.1 Å². The van der Waals surface area contributed by atoms with Gasteiger partial charge < -0.3 is 15.7 Å². The fraction of sp³-hybridized carbons (Fsp3) is 0.125. The minimum absolute atomic E-state index is 0.206. The van der Waals surface area contributed by atoms with Crippen molar-refractivity contribution in [3.05, 3.63) is 82.8 Å². The molecule has 0 saturated carbocycles. The van der Waals surface area contributed by atoms with E-state index in [9.17, 15) is 18.3 Å². The highest BCUT2D eigenvalue weighted by Gasteiger charge is 2.30. The number of thiophene rings is 1. The van der Waals surface area contributed by atoms with Crippen LogP contribution in [0.25, 0.3) is 16.9 Å². The van der Waals surface area contributed by atoms with Gasteiger partial charge in [-0.15, -0.1) is 0 Å². The van der Waals surface area contributed by atoms with Crippen LogP contribution in [0, 0.1) is 0 Å². The summed E-state index contributed by atoms with van der Waals surface area (Å²) in [6.07, 6.45) is -2.07. The summed E-state index contributed by atoms with van der Waals surface area (Å²) in [5.41, 5.74) is 2.75. The van der Waals surface area contributed by atoms with Crippen molar-refractivity contribution in [2.24, 2.45) is 0 Å². The lowest BCUT2D eigenvalue weighted by Crippen LogP contribution is -2.09. The highest BCUT2D eigenvalue weighted by Crippen LogP contribution is 2.31. The van der Waals surface area contributed by atoms with Crippen molar-refractivity contribution in [3.8, 4) is 11.4 Å². The number of aromatic nitrogens is 4. The number of rotatable bonds is 7. The smallest absolute Gasteiger partial charge is 0.416 e. The first-order chi connectivity index (χ1) is 16.9. The Labute approximate surface area is 201 Å². The van der Waals surface area contributed by atoms with Crippen molar-refractivity contribution < 1.29 is 18.3 Å². The SMILES string of the molecule is Oc1ccc(CCNc2nc(Nc3ccc(C(F)(F)F)cc3)nc3c2ncn3-c2ccsc2)cc1. The Morgan fingerprint density at radius 3 is 2.43 bits per heavy atom. The van der Waals surface area contributed by atoms with E-state index in [1.54, 1.807) is 29.8 Å². The third-order valence-electron chi connectivity index (χ3n) is 5.29. The van der Waals surface area contributed by atoms with Gasteiger partial charge in [0.25, 0.3) is 0 Å². The molecule has 2 aromatic carbocycles. The van der Waals surface area contributed by atoms with Crippen LogP contribution in [0.2, 0.25) is 0 Å². The zero-order valence-corrected chi connectivity index (χ0v) is 18.9. The van der Waals surface area contributed by atoms with Crippen molar-refractivity contribution in [3.63, 3.8) is 0 Å². The number of halogens is 3. The summed E-state index contributed by atoms with van der Waals surface area (Å²) in [6.45, 7) is 0.544.